The van der Waals surface area contributed by atoms with Gasteiger partial charge in [0, 0.05) is 25.9 Å². The number of carbonyl (C=O) groups is 1. The molecule has 4 nitrogen and oxygen atoms in total. The number of halogens is 1. The van der Waals surface area contributed by atoms with E-state index in [4.69, 9.17) is 16.0 Å². The molecule has 5 heteroatoms. The first-order valence-corrected chi connectivity index (χ1v) is 6.94. The minimum absolute atomic E-state index is 0.0348. The number of piperidine rings is 1. The monoisotopic (exact) mass is 270 g/mol. The summed E-state index contributed by atoms with van der Waals surface area (Å²) in [5, 5.41) is 0. The maximum atomic E-state index is 12.3. The van der Waals surface area contributed by atoms with Gasteiger partial charge in [0.05, 0.1) is 5.69 Å². The van der Waals surface area contributed by atoms with Gasteiger partial charge in [0.2, 0.25) is 5.76 Å². The molecule has 1 aromatic heterocycles. The van der Waals surface area contributed by atoms with E-state index in [2.05, 4.69) is 4.98 Å². The Labute approximate surface area is 112 Å². The van der Waals surface area contributed by atoms with Crippen molar-refractivity contribution in [2.24, 2.45) is 5.92 Å². The van der Waals surface area contributed by atoms with Gasteiger partial charge in [0.25, 0.3) is 5.91 Å². The van der Waals surface area contributed by atoms with E-state index in [-0.39, 0.29) is 5.91 Å². The molecule has 1 atom stereocenters. The lowest BCUT2D eigenvalue weighted by atomic mass is 9.95. The van der Waals surface area contributed by atoms with Crippen LogP contribution < -0.4 is 0 Å². The van der Waals surface area contributed by atoms with Crippen molar-refractivity contribution < 1.29 is 9.21 Å². The molecule has 0 radical (unpaired) electrons. The molecule has 1 aliphatic heterocycles. The molecule has 2 heterocycles. The Morgan fingerprint density at radius 2 is 2.33 bits per heavy atom. The highest BCUT2D eigenvalue weighted by atomic mass is 35.5. The Morgan fingerprint density at radius 3 is 2.94 bits per heavy atom. The van der Waals surface area contributed by atoms with Crippen molar-refractivity contribution in [3.05, 3.63) is 17.3 Å². The zero-order valence-corrected chi connectivity index (χ0v) is 11.7. The quantitative estimate of drug-likeness (QED) is 0.794. The minimum Gasteiger partial charge on any atom is -0.436 e. The van der Waals surface area contributed by atoms with E-state index in [1.807, 2.05) is 11.8 Å². The number of oxazole rings is 1. The predicted molar refractivity (Wildman–Crippen MR) is 69.9 cm³/mol. The fourth-order valence-corrected chi connectivity index (χ4v) is 2.82. The summed E-state index contributed by atoms with van der Waals surface area (Å²) in [6.45, 7) is 5.15. The number of nitrogens with zero attached hydrogens (tertiary/aromatic N) is 2. The molecule has 1 aliphatic rings. The number of hydrogen-bond acceptors (Lipinski definition) is 3. The van der Waals surface area contributed by atoms with Crippen LogP contribution in [0.4, 0.5) is 0 Å². The van der Waals surface area contributed by atoms with Gasteiger partial charge in [0.1, 0.15) is 0 Å². The first-order valence-electron chi connectivity index (χ1n) is 6.41. The van der Waals surface area contributed by atoms with Crippen molar-refractivity contribution in [1.29, 1.82) is 0 Å². The molecule has 1 amide bonds. The molecule has 18 heavy (non-hydrogen) atoms. The summed E-state index contributed by atoms with van der Waals surface area (Å²) in [4.78, 5) is 18.4. The highest BCUT2D eigenvalue weighted by Gasteiger charge is 2.27. The summed E-state index contributed by atoms with van der Waals surface area (Å²) in [7, 11) is 0. The van der Waals surface area contributed by atoms with E-state index in [0.29, 0.717) is 29.1 Å². The first-order chi connectivity index (χ1) is 8.61. The summed E-state index contributed by atoms with van der Waals surface area (Å²) < 4.78 is 5.40. The van der Waals surface area contributed by atoms with Crippen molar-refractivity contribution in [3.63, 3.8) is 0 Å². The lowest BCUT2D eigenvalue weighted by Gasteiger charge is -2.32. The highest BCUT2D eigenvalue weighted by Crippen LogP contribution is 2.22. The van der Waals surface area contributed by atoms with E-state index < -0.39 is 0 Å². The Bertz CT molecular complexity index is 429. The molecule has 1 fully saturated rings. The SMILES string of the molecule is Cc1nc(C)c(C(=O)N2CCCC(CCCl)C2)o1. The van der Waals surface area contributed by atoms with Crippen LogP contribution in [0.2, 0.25) is 0 Å². The maximum absolute atomic E-state index is 12.3. The van der Waals surface area contributed by atoms with Crippen LogP contribution in [0, 0.1) is 19.8 Å². The number of carbonyl (C=O) groups excluding carboxylic acids is 1. The molecule has 0 bridgehead atoms. The van der Waals surface area contributed by atoms with Crippen LogP contribution in [0.25, 0.3) is 0 Å². The van der Waals surface area contributed by atoms with E-state index in [1.54, 1.807) is 6.92 Å². The minimum atomic E-state index is -0.0348. The maximum Gasteiger partial charge on any atom is 0.291 e. The van der Waals surface area contributed by atoms with Gasteiger partial charge >= 0.3 is 0 Å². The zero-order chi connectivity index (χ0) is 13.1. The number of amides is 1. The van der Waals surface area contributed by atoms with Crippen LogP contribution in [0.3, 0.4) is 0 Å². The Hall–Kier alpha value is -1.03. The number of likely N-dealkylation sites (tertiary alicyclic amines) is 1. The number of hydrogen-bond donors (Lipinski definition) is 0. The van der Waals surface area contributed by atoms with Gasteiger partial charge in [-0.25, -0.2) is 4.98 Å². The van der Waals surface area contributed by atoms with Crippen molar-refractivity contribution in [2.75, 3.05) is 19.0 Å². The number of aromatic nitrogens is 1. The summed E-state index contributed by atoms with van der Waals surface area (Å²) in [5.41, 5.74) is 0.678. The Kier molecular flexibility index (Phi) is 4.27. The van der Waals surface area contributed by atoms with Crippen LogP contribution in [0.5, 0.6) is 0 Å². The topological polar surface area (TPSA) is 46.3 Å². The van der Waals surface area contributed by atoms with Gasteiger partial charge in [-0.15, -0.1) is 11.6 Å². The van der Waals surface area contributed by atoms with E-state index >= 15 is 0 Å². The number of aryl methyl sites for hydroxylation is 2. The lowest BCUT2D eigenvalue weighted by Crippen LogP contribution is -2.40. The van der Waals surface area contributed by atoms with E-state index in [1.165, 1.54) is 0 Å². The molecular formula is C13H19ClN2O2. The molecule has 0 N–H and O–H groups in total. The molecule has 100 valence electrons. The lowest BCUT2D eigenvalue weighted by molar-refractivity contribution is 0.0637. The molecule has 0 aromatic carbocycles. The van der Waals surface area contributed by atoms with Crippen LogP contribution in [0.15, 0.2) is 4.42 Å². The highest BCUT2D eigenvalue weighted by molar-refractivity contribution is 6.17. The Balaban J connectivity index is 2.06. The smallest absolute Gasteiger partial charge is 0.291 e. The molecular weight excluding hydrogens is 252 g/mol. The third-order valence-electron chi connectivity index (χ3n) is 3.42. The van der Waals surface area contributed by atoms with Crippen molar-refractivity contribution in [2.45, 2.75) is 33.1 Å². The van der Waals surface area contributed by atoms with Gasteiger partial charge in [-0.2, -0.15) is 0 Å². The molecule has 0 aliphatic carbocycles. The second-order valence-corrected chi connectivity index (χ2v) is 5.26. The van der Waals surface area contributed by atoms with Crippen LogP contribution >= 0.6 is 11.6 Å². The molecule has 0 spiro atoms. The summed E-state index contributed by atoms with van der Waals surface area (Å²) in [6.07, 6.45) is 3.17. The van der Waals surface area contributed by atoms with E-state index in [9.17, 15) is 4.79 Å². The predicted octanol–water partition coefficient (Wildman–Crippen LogP) is 2.77. The fourth-order valence-electron chi connectivity index (χ4n) is 2.51. The fraction of sp³-hybridized carbons (Fsp3) is 0.692. The normalized spacial score (nSPS) is 20.2. The average Bonchev–Trinajstić information content (AvgIpc) is 2.68. The van der Waals surface area contributed by atoms with Gasteiger partial charge in [-0.05, 0) is 32.1 Å². The van der Waals surface area contributed by atoms with Gasteiger partial charge < -0.3 is 9.32 Å². The van der Waals surface area contributed by atoms with Crippen molar-refractivity contribution in [1.82, 2.24) is 9.88 Å². The second-order valence-electron chi connectivity index (χ2n) is 4.88. The molecule has 1 unspecified atom stereocenters. The van der Waals surface area contributed by atoms with Crippen LogP contribution in [0.1, 0.15) is 41.4 Å². The van der Waals surface area contributed by atoms with Crippen LogP contribution in [-0.2, 0) is 0 Å². The van der Waals surface area contributed by atoms with E-state index in [0.717, 1.165) is 32.4 Å². The third-order valence-corrected chi connectivity index (χ3v) is 3.64. The van der Waals surface area contributed by atoms with Crippen LogP contribution in [-0.4, -0.2) is 34.8 Å². The molecule has 2 rings (SSSR count). The van der Waals surface area contributed by atoms with Gasteiger partial charge in [0.15, 0.2) is 5.89 Å². The molecule has 1 saturated heterocycles. The summed E-state index contributed by atoms with van der Waals surface area (Å²) in [6, 6.07) is 0. The number of alkyl halides is 1. The third kappa shape index (κ3) is 2.86. The summed E-state index contributed by atoms with van der Waals surface area (Å²) in [5.74, 6) is 2.08. The van der Waals surface area contributed by atoms with Gasteiger partial charge in [-0.1, -0.05) is 0 Å². The van der Waals surface area contributed by atoms with Crippen molar-refractivity contribution >= 4 is 17.5 Å². The van der Waals surface area contributed by atoms with Crippen molar-refractivity contribution in [3.8, 4) is 0 Å². The zero-order valence-electron chi connectivity index (χ0n) is 10.9. The van der Waals surface area contributed by atoms with Gasteiger partial charge in [-0.3, -0.25) is 4.79 Å². The standard InChI is InChI=1S/C13H19ClN2O2/c1-9-12(18-10(2)15-9)13(17)16-7-3-4-11(8-16)5-6-14/h11H,3-8H2,1-2H3. The first kappa shape index (κ1) is 13.4. The molecule has 1 aromatic rings. The summed E-state index contributed by atoms with van der Waals surface area (Å²) >= 11 is 5.78. The largest absolute Gasteiger partial charge is 0.436 e. The Morgan fingerprint density at radius 1 is 1.56 bits per heavy atom. The molecule has 0 saturated carbocycles. The average molecular weight is 271 g/mol. The second kappa shape index (κ2) is 5.74. The number of rotatable bonds is 3.